The first-order valence-corrected chi connectivity index (χ1v) is 5.36. The van der Waals surface area contributed by atoms with Gasteiger partial charge in [0.1, 0.15) is 6.61 Å². The molecule has 1 aliphatic heterocycles. The van der Waals surface area contributed by atoms with Crippen LogP contribution in [0.15, 0.2) is 6.07 Å². The van der Waals surface area contributed by atoms with E-state index in [-0.39, 0.29) is 12.5 Å². The van der Waals surface area contributed by atoms with Gasteiger partial charge in [0.15, 0.2) is 5.75 Å². The number of aliphatic hydroxyl groups is 1. The van der Waals surface area contributed by atoms with E-state index in [1.165, 1.54) is 0 Å². The molecule has 0 unspecified atom stereocenters. The molecule has 2 N–H and O–H groups in total. The van der Waals surface area contributed by atoms with Gasteiger partial charge in [0, 0.05) is 0 Å². The highest BCUT2D eigenvalue weighted by atomic mass is 35.5. The summed E-state index contributed by atoms with van der Waals surface area (Å²) in [5, 5.41) is 12.3. The Morgan fingerprint density at radius 3 is 3.06 bits per heavy atom. The lowest BCUT2D eigenvalue weighted by Crippen LogP contribution is -2.24. The molecule has 0 spiro atoms. The van der Waals surface area contributed by atoms with E-state index in [1.807, 2.05) is 0 Å². The zero-order valence-corrected chi connectivity index (χ0v) is 9.60. The van der Waals surface area contributed by atoms with Crippen molar-refractivity contribution in [3.05, 3.63) is 27.8 Å². The number of carbonyl (C=O) groups is 1. The Bertz CT molecular complexity index is 445. The highest BCUT2D eigenvalue weighted by Gasteiger charge is 2.22. The van der Waals surface area contributed by atoms with Crippen LogP contribution in [0.1, 0.15) is 21.5 Å². The van der Waals surface area contributed by atoms with E-state index in [4.69, 9.17) is 21.4 Å². The summed E-state index contributed by atoms with van der Waals surface area (Å²) in [6.07, 6.45) is 0. The van der Waals surface area contributed by atoms with E-state index >= 15 is 0 Å². The molecular weight excluding hydrogens is 230 g/mol. The summed E-state index contributed by atoms with van der Waals surface area (Å²) in [5.41, 5.74) is 1.78. The van der Waals surface area contributed by atoms with Crippen molar-refractivity contribution in [2.75, 3.05) is 13.2 Å². The molecule has 16 heavy (non-hydrogen) atoms. The molecule has 0 atom stereocenters. The van der Waals surface area contributed by atoms with Crippen LogP contribution in [-0.4, -0.2) is 24.2 Å². The van der Waals surface area contributed by atoms with Gasteiger partial charge in [0.05, 0.1) is 23.7 Å². The van der Waals surface area contributed by atoms with Crippen molar-refractivity contribution in [1.82, 2.24) is 5.32 Å². The lowest BCUT2D eigenvalue weighted by atomic mass is 10.0. The predicted molar refractivity (Wildman–Crippen MR) is 59.9 cm³/mol. The highest BCUT2D eigenvalue weighted by molar-refractivity contribution is 6.33. The number of fused-ring (bicyclic) bond motifs is 1. The van der Waals surface area contributed by atoms with Crippen molar-refractivity contribution in [2.45, 2.75) is 13.5 Å². The molecule has 1 aromatic rings. The number of hydrogen-bond donors (Lipinski definition) is 2. The molecule has 0 radical (unpaired) electrons. The number of halogens is 1. The first-order chi connectivity index (χ1) is 7.65. The summed E-state index contributed by atoms with van der Waals surface area (Å²) in [5.74, 6) is 0.190. The third kappa shape index (κ3) is 1.74. The first kappa shape index (κ1) is 11.2. The van der Waals surface area contributed by atoms with E-state index in [0.29, 0.717) is 35.1 Å². The fraction of sp³-hybridized carbons (Fsp3) is 0.364. The lowest BCUT2D eigenvalue weighted by molar-refractivity contribution is 0.0957. The molecule has 1 heterocycles. The molecular formula is C11H12ClNO3. The number of amides is 1. The van der Waals surface area contributed by atoms with Gasteiger partial charge in [-0.15, -0.1) is 0 Å². The Hall–Kier alpha value is -1.26. The Morgan fingerprint density at radius 1 is 1.62 bits per heavy atom. The van der Waals surface area contributed by atoms with Crippen molar-refractivity contribution < 1.29 is 14.6 Å². The monoisotopic (exact) mass is 241 g/mol. The molecule has 2 rings (SSSR count). The van der Waals surface area contributed by atoms with Crippen molar-refractivity contribution >= 4 is 17.5 Å². The van der Waals surface area contributed by atoms with E-state index in [9.17, 15) is 4.79 Å². The fourth-order valence-corrected chi connectivity index (χ4v) is 1.94. The summed E-state index contributed by atoms with van der Waals surface area (Å²) >= 11 is 6.12. The Labute approximate surface area is 98.2 Å². The number of hydrogen-bond acceptors (Lipinski definition) is 3. The summed E-state index contributed by atoms with van der Waals surface area (Å²) in [7, 11) is 0. The number of aliphatic hydroxyl groups excluding tert-OH is 1. The second kappa shape index (κ2) is 4.31. The Morgan fingerprint density at radius 2 is 2.38 bits per heavy atom. The molecule has 0 aliphatic carbocycles. The van der Waals surface area contributed by atoms with Gasteiger partial charge in [-0.05, 0) is 24.1 Å². The van der Waals surface area contributed by atoms with Crippen LogP contribution in [0.3, 0.4) is 0 Å². The zero-order chi connectivity index (χ0) is 11.7. The van der Waals surface area contributed by atoms with Gasteiger partial charge in [-0.3, -0.25) is 4.79 Å². The summed E-state index contributed by atoms with van der Waals surface area (Å²) in [6.45, 7) is 2.50. The normalized spacial score (nSPS) is 14.8. The first-order valence-electron chi connectivity index (χ1n) is 4.99. The molecule has 86 valence electrons. The van der Waals surface area contributed by atoms with Gasteiger partial charge < -0.3 is 15.2 Å². The number of ether oxygens (including phenoxy) is 1. The summed E-state index contributed by atoms with van der Waals surface area (Å²) < 4.78 is 5.43. The van der Waals surface area contributed by atoms with Crippen LogP contribution in [0.2, 0.25) is 5.02 Å². The maximum absolute atomic E-state index is 11.7. The zero-order valence-electron chi connectivity index (χ0n) is 8.84. The molecule has 0 fully saturated rings. The van der Waals surface area contributed by atoms with Crippen LogP contribution in [-0.2, 0) is 6.61 Å². The average Bonchev–Trinajstić information content (AvgIpc) is 2.46. The summed E-state index contributed by atoms with van der Waals surface area (Å²) in [4.78, 5) is 11.7. The van der Waals surface area contributed by atoms with Crippen molar-refractivity contribution in [3.8, 4) is 5.75 Å². The molecule has 1 aliphatic rings. The number of carbonyl (C=O) groups excluding carboxylic acids is 1. The minimum absolute atomic E-state index is 0.147. The van der Waals surface area contributed by atoms with Gasteiger partial charge >= 0.3 is 0 Å². The average molecular weight is 242 g/mol. The van der Waals surface area contributed by atoms with Crippen LogP contribution >= 0.6 is 11.6 Å². The van der Waals surface area contributed by atoms with Gasteiger partial charge in [-0.25, -0.2) is 0 Å². The SMILES string of the molecule is Cc1c(CO)cc2c(c1Cl)OCCNC2=O. The van der Waals surface area contributed by atoms with Gasteiger partial charge in [0.25, 0.3) is 5.91 Å². The second-order valence-corrected chi connectivity index (χ2v) is 3.99. The standard InChI is InChI=1S/C11H12ClNO3/c1-6-7(5-14)4-8-10(9(6)12)16-3-2-13-11(8)15/h4,14H,2-3,5H2,1H3,(H,13,15). The molecule has 0 saturated carbocycles. The Kier molecular flexibility index (Phi) is 3.03. The van der Waals surface area contributed by atoms with Gasteiger partial charge in [-0.1, -0.05) is 11.6 Å². The van der Waals surface area contributed by atoms with Crippen molar-refractivity contribution in [3.63, 3.8) is 0 Å². The second-order valence-electron chi connectivity index (χ2n) is 3.61. The molecule has 0 bridgehead atoms. The highest BCUT2D eigenvalue weighted by Crippen LogP contribution is 2.35. The number of nitrogens with one attached hydrogen (secondary N) is 1. The van der Waals surface area contributed by atoms with Gasteiger partial charge in [-0.2, -0.15) is 0 Å². The molecule has 4 nitrogen and oxygen atoms in total. The van der Waals surface area contributed by atoms with Crippen LogP contribution < -0.4 is 10.1 Å². The van der Waals surface area contributed by atoms with Crippen LogP contribution in [0.4, 0.5) is 0 Å². The predicted octanol–water partition coefficient (Wildman–Crippen LogP) is 1.26. The molecule has 0 aromatic heterocycles. The van der Waals surface area contributed by atoms with Crippen LogP contribution in [0.25, 0.3) is 0 Å². The minimum Gasteiger partial charge on any atom is -0.489 e. The molecule has 1 aromatic carbocycles. The fourth-order valence-electron chi connectivity index (χ4n) is 1.66. The topological polar surface area (TPSA) is 58.6 Å². The largest absolute Gasteiger partial charge is 0.489 e. The third-order valence-corrected chi connectivity index (χ3v) is 3.08. The number of benzene rings is 1. The van der Waals surface area contributed by atoms with Crippen LogP contribution in [0, 0.1) is 6.92 Å². The minimum atomic E-state index is -0.218. The maximum Gasteiger partial charge on any atom is 0.255 e. The third-order valence-electron chi connectivity index (χ3n) is 2.62. The van der Waals surface area contributed by atoms with E-state index in [1.54, 1.807) is 13.0 Å². The van der Waals surface area contributed by atoms with Crippen molar-refractivity contribution in [2.24, 2.45) is 0 Å². The molecule has 1 amide bonds. The summed E-state index contributed by atoms with van der Waals surface area (Å²) in [6, 6.07) is 1.62. The van der Waals surface area contributed by atoms with Crippen LogP contribution in [0.5, 0.6) is 5.75 Å². The molecule has 5 heteroatoms. The van der Waals surface area contributed by atoms with E-state index in [2.05, 4.69) is 5.32 Å². The number of rotatable bonds is 1. The van der Waals surface area contributed by atoms with Crippen molar-refractivity contribution in [1.29, 1.82) is 0 Å². The van der Waals surface area contributed by atoms with E-state index in [0.717, 1.165) is 5.56 Å². The maximum atomic E-state index is 11.7. The van der Waals surface area contributed by atoms with E-state index < -0.39 is 0 Å². The molecule has 0 saturated heterocycles. The lowest BCUT2D eigenvalue weighted by Gasteiger charge is -2.13. The quantitative estimate of drug-likeness (QED) is 0.778. The smallest absolute Gasteiger partial charge is 0.255 e. The van der Waals surface area contributed by atoms with Gasteiger partial charge in [0.2, 0.25) is 0 Å². The Balaban J connectivity index is 2.63.